The Labute approximate surface area is 440 Å². The molecule has 0 saturated heterocycles. The molecule has 0 aliphatic heterocycles. The predicted octanol–water partition coefficient (Wildman–Crippen LogP) is 17.7. The molecule has 4 nitrogen and oxygen atoms in total. The van der Waals surface area contributed by atoms with Gasteiger partial charge in [-0.15, -0.1) is 23.8 Å². The first-order valence-electron chi connectivity index (χ1n) is 28.8. The molecule has 0 bridgehead atoms. The summed E-state index contributed by atoms with van der Waals surface area (Å²) >= 11 is 0. The van der Waals surface area contributed by atoms with E-state index in [0.717, 1.165) is 61.3 Å². The zero-order valence-electron chi connectivity index (χ0n) is 51.3. The molecule has 7 aromatic carbocycles. The van der Waals surface area contributed by atoms with Crippen LogP contribution in [0.1, 0.15) is 142 Å². The summed E-state index contributed by atoms with van der Waals surface area (Å²) in [5, 5.41) is 12.3. The zero-order chi connectivity index (χ0) is 57.4. The molecule has 5 heteroatoms. The van der Waals surface area contributed by atoms with Gasteiger partial charge in [0.2, 0.25) is 0 Å². The quantitative estimate of drug-likeness (QED) is 0.131. The maximum absolute atomic E-state index is 12.3. The summed E-state index contributed by atoms with van der Waals surface area (Å²) in [4.78, 5) is 10.3. The second-order valence-corrected chi connectivity index (χ2v) is 18.9. The van der Waals surface area contributed by atoms with Crippen molar-refractivity contribution in [3.05, 3.63) is 192 Å². The molecule has 2 heterocycles. The van der Waals surface area contributed by atoms with Crippen LogP contribution >= 0.6 is 0 Å². The third-order valence-electron chi connectivity index (χ3n) is 12.9. The number of hydrogen-bond acceptors (Lipinski definition) is 3. The van der Waals surface area contributed by atoms with Crippen molar-refractivity contribution in [1.82, 2.24) is 14.5 Å². The van der Waals surface area contributed by atoms with Crippen LogP contribution < -0.4 is 0 Å². The fourth-order valence-corrected chi connectivity index (χ4v) is 9.18. The Hall–Kier alpha value is -6.35. The van der Waals surface area contributed by atoms with Gasteiger partial charge >= 0.3 is 0 Å². The van der Waals surface area contributed by atoms with Crippen molar-refractivity contribution < 1.29 is 41.3 Å². The summed E-state index contributed by atoms with van der Waals surface area (Å²) in [6, 6.07) is 51.1. The first-order chi connectivity index (χ1) is 36.9. The van der Waals surface area contributed by atoms with E-state index in [4.69, 9.17) is 25.0 Å². The van der Waals surface area contributed by atoms with Crippen molar-refractivity contribution >= 4 is 11.0 Å². The summed E-state index contributed by atoms with van der Waals surface area (Å²) in [7, 11) is 0. The maximum atomic E-state index is 12.3. The van der Waals surface area contributed by atoms with Crippen LogP contribution in [0, 0.1) is 6.07 Å². The summed E-state index contributed by atoms with van der Waals surface area (Å²) in [6.45, 7) is 5.69. The molecule has 69 heavy (non-hydrogen) atoms. The van der Waals surface area contributed by atoms with Crippen molar-refractivity contribution in [3.63, 3.8) is 0 Å². The zero-order valence-corrected chi connectivity index (χ0v) is 42.5. The van der Waals surface area contributed by atoms with Gasteiger partial charge in [0.05, 0.1) is 16.6 Å². The molecule has 352 valence electrons. The molecule has 0 saturated carbocycles. The number of aromatic nitrogens is 3. The number of pyridine rings is 1. The number of nitrogens with zero attached hydrogens (tertiary/aromatic N) is 3. The van der Waals surface area contributed by atoms with Crippen LogP contribution in [0.15, 0.2) is 158 Å². The minimum atomic E-state index is -3.39. The van der Waals surface area contributed by atoms with E-state index in [-0.39, 0.29) is 44.2 Å². The Balaban J connectivity index is 0.00000841. The van der Waals surface area contributed by atoms with Gasteiger partial charge in [0, 0.05) is 53.7 Å². The standard InChI is InChI=1S/C64H64N3O.Pt/c1-39(2)47-36-56(42(7)8)62(68)57(37-47)63-66-61-55(21-16-22-59(61)67(63)52-29-25-45(26-30-52)60-53(40(3)4)19-15-20-54(60)41(5)6)49-33-48(43-17-13-12-14-18-43)34-50(35-49)58-38-46(31-32-65-58)44-23-27-51(28-24-44)64(9,10)11;/h12-34,36-42,68H,1-11H3;/q-1;/i9D3,10D3,11D3,40D,41D;. The summed E-state index contributed by atoms with van der Waals surface area (Å²) in [6.07, 6.45) is 1.64. The third kappa shape index (κ3) is 9.79. The van der Waals surface area contributed by atoms with Gasteiger partial charge < -0.3 is 5.11 Å². The molecule has 1 N–H and O–H groups in total. The molecule has 0 fully saturated rings. The number of benzene rings is 7. The van der Waals surface area contributed by atoms with Crippen LogP contribution in [0.4, 0.5) is 0 Å². The predicted molar refractivity (Wildman–Crippen MR) is 287 cm³/mol. The Morgan fingerprint density at radius 3 is 1.86 bits per heavy atom. The van der Waals surface area contributed by atoms with E-state index in [0.29, 0.717) is 44.9 Å². The number of imidazole rings is 1. The summed E-state index contributed by atoms with van der Waals surface area (Å²) < 4.78 is 94.4. The van der Waals surface area contributed by atoms with E-state index >= 15 is 0 Å². The second kappa shape index (κ2) is 19.9. The molecule has 0 aliphatic rings. The van der Waals surface area contributed by atoms with Crippen molar-refractivity contribution in [2.45, 2.75) is 105 Å². The Morgan fingerprint density at radius 2 is 1.22 bits per heavy atom. The largest absolute Gasteiger partial charge is 0.507 e. The SMILES string of the molecule is [2H]C(C)(C)c1cccc(C([2H])(C)C)c1-c1ccc(-n2c(-c3cc(C(C)C)cc(C(C)C)c3O)nc3c(-c4[c-]c(-c5cc(-c6ccc(C(C([2H])([2H])[2H])(C([2H])([2H])[2H])C([2H])([2H])[2H])cc6)ccn5)cc(-c5ccccc5)c4)cccc32)cc1.[Pt]. The first kappa shape index (κ1) is 36.6. The number of fused-ring (bicyclic) bond motifs is 1. The molecule has 0 aliphatic carbocycles. The summed E-state index contributed by atoms with van der Waals surface area (Å²) in [5.74, 6) is -1.06. The molecule has 0 spiro atoms. The molecule has 0 atom stereocenters. The van der Waals surface area contributed by atoms with E-state index in [9.17, 15) is 5.11 Å². The Kier molecular flexibility index (Phi) is 10.6. The smallest absolute Gasteiger partial charge is 0.148 e. The van der Waals surface area contributed by atoms with Crippen LogP contribution in [0.5, 0.6) is 5.75 Å². The summed E-state index contributed by atoms with van der Waals surface area (Å²) in [5.41, 5.74) is 10.3. The molecular formula is C64H64N3OPt-. The molecule has 2 aromatic heterocycles. The van der Waals surface area contributed by atoms with Gasteiger partial charge in [-0.3, -0.25) is 9.55 Å². The van der Waals surface area contributed by atoms with E-state index in [1.165, 1.54) is 24.3 Å². The fourth-order valence-electron chi connectivity index (χ4n) is 9.18. The molecule has 0 radical (unpaired) electrons. The van der Waals surface area contributed by atoms with Crippen molar-refractivity contribution in [2.75, 3.05) is 0 Å². The molecule has 0 unspecified atom stereocenters. The molecule has 9 rings (SSSR count). The average Bonchev–Trinajstić information content (AvgIpc) is 3.85. The molecular weight excluding hydrogens is 1020 g/mol. The number of para-hydroxylation sites is 1. The fraction of sp³-hybridized carbons (Fsp3) is 0.250. The first-order valence-corrected chi connectivity index (χ1v) is 23.3. The van der Waals surface area contributed by atoms with Crippen LogP contribution in [0.3, 0.4) is 0 Å². The number of phenolic OH excluding ortho intramolecular Hbond substituents is 1. The van der Waals surface area contributed by atoms with Crippen molar-refractivity contribution in [2.24, 2.45) is 0 Å². The van der Waals surface area contributed by atoms with Crippen LogP contribution in [0.25, 0.3) is 83.9 Å². The molecule has 0 amide bonds. The minimum Gasteiger partial charge on any atom is -0.507 e. The van der Waals surface area contributed by atoms with Gasteiger partial charge in [0.25, 0.3) is 0 Å². The van der Waals surface area contributed by atoms with Crippen LogP contribution in [0.2, 0.25) is 0 Å². The van der Waals surface area contributed by atoms with E-state index in [1.807, 2.05) is 137 Å². The number of phenols is 1. The number of aromatic hydroxyl groups is 1. The maximum Gasteiger partial charge on any atom is 0.148 e. The average molecular weight is 1100 g/mol. The van der Waals surface area contributed by atoms with Gasteiger partial charge in [-0.1, -0.05) is 202 Å². The van der Waals surface area contributed by atoms with Gasteiger partial charge in [-0.2, -0.15) is 0 Å². The monoisotopic (exact) mass is 1100 g/mol. The third-order valence-corrected chi connectivity index (χ3v) is 12.9. The molecule has 9 aromatic rings. The number of rotatable bonds is 11. The topological polar surface area (TPSA) is 50.9 Å². The van der Waals surface area contributed by atoms with Gasteiger partial charge in [-0.25, -0.2) is 4.98 Å². The van der Waals surface area contributed by atoms with Gasteiger partial charge in [0.15, 0.2) is 0 Å². The van der Waals surface area contributed by atoms with E-state index < -0.39 is 37.8 Å². The van der Waals surface area contributed by atoms with Crippen molar-refractivity contribution in [1.29, 1.82) is 0 Å². The Bertz CT molecular complexity index is 3650. The van der Waals surface area contributed by atoms with Gasteiger partial charge in [0.1, 0.15) is 11.6 Å². The normalized spacial score (nSPS) is 15.1. The van der Waals surface area contributed by atoms with Gasteiger partial charge in [-0.05, 0) is 115 Å². The van der Waals surface area contributed by atoms with Crippen molar-refractivity contribution in [3.8, 4) is 78.6 Å². The van der Waals surface area contributed by atoms with Crippen LogP contribution in [-0.2, 0) is 26.5 Å². The Morgan fingerprint density at radius 1 is 0.580 bits per heavy atom. The van der Waals surface area contributed by atoms with Crippen LogP contribution in [-0.4, -0.2) is 19.6 Å². The van der Waals surface area contributed by atoms with E-state index in [1.54, 1.807) is 12.3 Å². The second-order valence-electron chi connectivity index (χ2n) is 18.9. The minimum absolute atomic E-state index is 0. The number of hydrogen-bond donors (Lipinski definition) is 1. The van der Waals surface area contributed by atoms with E-state index in [2.05, 4.69) is 50.5 Å².